The summed E-state index contributed by atoms with van der Waals surface area (Å²) >= 11 is 0. The number of aryl methyl sites for hydroxylation is 1. The van der Waals surface area contributed by atoms with E-state index < -0.39 is 11.6 Å². The zero-order valence-electron chi connectivity index (χ0n) is 15.0. The van der Waals surface area contributed by atoms with Gasteiger partial charge in [-0.15, -0.1) is 0 Å². The molecule has 5 aromatic rings. The Labute approximate surface area is 159 Å². The molecule has 0 unspecified atom stereocenters. The molecule has 0 aliphatic rings. The summed E-state index contributed by atoms with van der Waals surface area (Å²) in [5, 5.41) is 1.57. The van der Waals surface area contributed by atoms with Crippen molar-refractivity contribution in [1.82, 2.24) is 14.5 Å². The summed E-state index contributed by atoms with van der Waals surface area (Å²) in [6, 6.07) is 17.2. The fraction of sp³-hybridized carbons (Fsp3) is 0.0435. The molecule has 0 saturated heterocycles. The third-order valence-corrected chi connectivity index (χ3v) is 4.95. The van der Waals surface area contributed by atoms with E-state index in [2.05, 4.69) is 9.97 Å². The van der Waals surface area contributed by atoms with E-state index in [9.17, 15) is 4.39 Å². The van der Waals surface area contributed by atoms with Crippen LogP contribution >= 0.6 is 0 Å². The molecule has 0 spiro atoms. The number of nitrogens with zero attached hydrogens (tertiary/aromatic N) is 3. The lowest BCUT2D eigenvalue weighted by molar-refractivity contribution is 0.608. The first kappa shape index (κ1) is 16.6. The molecule has 0 amide bonds. The van der Waals surface area contributed by atoms with Crippen LogP contribution in [-0.4, -0.2) is 14.5 Å². The highest BCUT2D eigenvalue weighted by Crippen LogP contribution is 2.35. The molecule has 0 aliphatic heterocycles. The van der Waals surface area contributed by atoms with Gasteiger partial charge < -0.3 is 4.57 Å². The molecule has 0 radical (unpaired) electrons. The maximum absolute atomic E-state index is 15.9. The third kappa shape index (κ3) is 2.40. The smallest absolute Gasteiger partial charge is 0.174 e. The van der Waals surface area contributed by atoms with Gasteiger partial charge in [0.05, 0.1) is 16.7 Å². The highest BCUT2D eigenvalue weighted by Gasteiger charge is 2.22. The van der Waals surface area contributed by atoms with Crippen LogP contribution in [0.2, 0.25) is 0 Å². The van der Waals surface area contributed by atoms with Crippen molar-refractivity contribution in [1.29, 1.82) is 0 Å². The van der Waals surface area contributed by atoms with Gasteiger partial charge >= 0.3 is 0 Å². The van der Waals surface area contributed by atoms with Gasteiger partial charge in [0.2, 0.25) is 0 Å². The summed E-state index contributed by atoms with van der Waals surface area (Å²) in [6.45, 7) is 1.91. The second-order valence-electron chi connectivity index (χ2n) is 6.68. The lowest BCUT2D eigenvalue weighted by Crippen LogP contribution is -2.05. The topological polar surface area (TPSA) is 30.7 Å². The normalized spacial score (nSPS) is 11.4. The van der Waals surface area contributed by atoms with Gasteiger partial charge in [-0.3, -0.25) is 4.98 Å². The van der Waals surface area contributed by atoms with E-state index in [4.69, 9.17) is 0 Å². The first-order chi connectivity index (χ1) is 13.6. The molecule has 3 aromatic heterocycles. The Kier molecular flexibility index (Phi) is 3.69. The molecule has 0 saturated carbocycles. The summed E-state index contributed by atoms with van der Waals surface area (Å²) in [7, 11) is 0. The van der Waals surface area contributed by atoms with Crippen LogP contribution in [0.4, 0.5) is 8.78 Å². The summed E-state index contributed by atoms with van der Waals surface area (Å²) in [5.41, 5.74) is 2.81. The minimum absolute atomic E-state index is 0.00195. The standard InChI is InChI=1S/C23H15F2N3/c1-14-12-15-13-26-11-10-20(15)28(14)23-17-7-3-5-9-19(17)27-22(21(23)25)16-6-2-4-8-18(16)24/h2-13H,1H3. The Morgan fingerprint density at radius 2 is 1.71 bits per heavy atom. The van der Waals surface area contributed by atoms with E-state index in [1.807, 2.05) is 47.9 Å². The number of para-hydroxylation sites is 1. The monoisotopic (exact) mass is 371 g/mol. The van der Waals surface area contributed by atoms with E-state index in [0.717, 1.165) is 16.6 Å². The first-order valence-corrected chi connectivity index (χ1v) is 8.91. The Balaban J connectivity index is 1.95. The van der Waals surface area contributed by atoms with Crippen LogP contribution in [0.5, 0.6) is 0 Å². The average molecular weight is 371 g/mol. The minimum atomic E-state index is -0.554. The van der Waals surface area contributed by atoms with Crippen LogP contribution in [0.3, 0.4) is 0 Å². The van der Waals surface area contributed by atoms with Crippen molar-refractivity contribution < 1.29 is 8.78 Å². The van der Waals surface area contributed by atoms with Crippen LogP contribution in [0.15, 0.2) is 73.1 Å². The first-order valence-electron chi connectivity index (χ1n) is 8.91. The molecule has 3 nitrogen and oxygen atoms in total. The summed E-state index contributed by atoms with van der Waals surface area (Å²) in [4.78, 5) is 8.60. The lowest BCUT2D eigenvalue weighted by atomic mass is 10.1. The Morgan fingerprint density at radius 3 is 2.57 bits per heavy atom. The van der Waals surface area contributed by atoms with Gasteiger partial charge in [-0.05, 0) is 37.3 Å². The second-order valence-corrected chi connectivity index (χ2v) is 6.68. The van der Waals surface area contributed by atoms with E-state index >= 15 is 4.39 Å². The summed E-state index contributed by atoms with van der Waals surface area (Å²) in [6.07, 6.45) is 3.43. The molecule has 28 heavy (non-hydrogen) atoms. The molecule has 0 atom stereocenters. The van der Waals surface area contributed by atoms with Crippen LogP contribution in [0.1, 0.15) is 5.69 Å². The van der Waals surface area contributed by atoms with Crippen molar-refractivity contribution >= 4 is 21.8 Å². The van der Waals surface area contributed by atoms with E-state index in [1.165, 1.54) is 6.07 Å². The number of hydrogen-bond acceptors (Lipinski definition) is 2. The largest absolute Gasteiger partial charge is 0.310 e. The number of aromatic nitrogens is 3. The van der Waals surface area contributed by atoms with Gasteiger partial charge in [-0.25, -0.2) is 13.8 Å². The highest BCUT2D eigenvalue weighted by molar-refractivity contribution is 5.93. The van der Waals surface area contributed by atoms with Gasteiger partial charge in [0.1, 0.15) is 11.5 Å². The molecule has 0 bridgehead atoms. The number of rotatable bonds is 2. The molecule has 0 N–H and O–H groups in total. The van der Waals surface area contributed by atoms with Crippen LogP contribution in [0.25, 0.3) is 38.8 Å². The second kappa shape index (κ2) is 6.23. The Hall–Kier alpha value is -3.60. The van der Waals surface area contributed by atoms with Crippen LogP contribution < -0.4 is 0 Å². The number of halogens is 2. The molecular formula is C23H15F2N3. The third-order valence-electron chi connectivity index (χ3n) is 4.95. The molecular weight excluding hydrogens is 356 g/mol. The van der Waals surface area contributed by atoms with E-state index in [1.54, 1.807) is 30.6 Å². The van der Waals surface area contributed by atoms with Crippen molar-refractivity contribution in [3.63, 3.8) is 0 Å². The van der Waals surface area contributed by atoms with Crippen molar-refractivity contribution in [3.05, 3.63) is 90.4 Å². The Morgan fingerprint density at radius 1 is 0.929 bits per heavy atom. The number of hydrogen-bond donors (Lipinski definition) is 0. The molecule has 0 aliphatic carbocycles. The zero-order chi connectivity index (χ0) is 19.3. The number of pyridine rings is 2. The fourth-order valence-electron chi connectivity index (χ4n) is 3.71. The van der Waals surface area contributed by atoms with Crippen molar-refractivity contribution in [2.75, 3.05) is 0 Å². The SMILES string of the molecule is Cc1cc2cnccc2n1-c1c(F)c(-c2ccccc2F)nc2ccccc12. The Bertz CT molecular complexity index is 1360. The highest BCUT2D eigenvalue weighted by atomic mass is 19.1. The number of benzene rings is 2. The summed E-state index contributed by atoms with van der Waals surface area (Å²) in [5.74, 6) is -1.06. The van der Waals surface area contributed by atoms with Crippen molar-refractivity contribution in [3.8, 4) is 16.9 Å². The fourth-order valence-corrected chi connectivity index (χ4v) is 3.71. The molecule has 136 valence electrons. The summed E-state index contributed by atoms with van der Waals surface area (Å²) < 4.78 is 32.2. The van der Waals surface area contributed by atoms with Gasteiger partial charge in [-0.1, -0.05) is 30.3 Å². The minimum Gasteiger partial charge on any atom is -0.310 e. The predicted molar refractivity (Wildman–Crippen MR) is 106 cm³/mol. The average Bonchev–Trinajstić information content (AvgIpc) is 3.04. The van der Waals surface area contributed by atoms with E-state index in [0.29, 0.717) is 16.6 Å². The molecule has 3 heterocycles. The molecule has 0 fully saturated rings. The molecule has 2 aromatic carbocycles. The maximum atomic E-state index is 15.9. The maximum Gasteiger partial charge on any atom is 0.174 e. The van der Waals surface area contributed by atoms with Crippen LogP contribution in [-0.2, 0) is 0 Å². The van der Waals surface area contributed by atoms with Crippen molar-refractivity contribution in [2.45, 2.75) is 6.92 Å². The number of fused-ring (bicyclic) bond motifs is 2. The van der Waals surface area contributed by atoms with Gasteiger partial charge in [0, 0.05) is 34.4 Å². The zero-order valence-corrected chi connectivity index (χ0v) is 15.0. The van der Waals surface area contributed by atoms with Gasteiger partial charge in [-0.2, -0.15) is 0 Å². The van der Waals surface area contributed by atoms with Gasteiger partial charge in [0.25, 0.3) is 0 Å². The van der Waals surface area contributed by atoms with E-state index in [-0.39, 0.29) is 11.3 Å². The molecule has 5 heteroatoms. The quantitative estimate of drug-likeness (QED) is 0.391. The van der Waals surface area contributed by atoms with Gasteiger partial charge in [0.15, 0.2) is 5.82 Å². The molecule has 5 rings (SSSR count). The van der Waals surface area contributed by atoms with Crippen LogP contribution in [0, 0.1) is 18.6 Å². The lowest BCUT2D eigenvalue weighted by Gasteiger charge is -2.16. The predicted octanol–water partition coefficient (Wildman–Crippen LogP) is 5.83. The van der Waals surface area contributed by atoms with Crippen molar-refractivity contribution in [2.24, 2.45) is 0 Å².